The number of fused-ring (bicyclic) bond motifs is 1. The molecule has 0 aliphatic carbocycles. The van der Waals surface area contributed by atoms with Crippen LogP contribution in [0, 0.1) is 0 Å². The highest BCUT2D eigenvalue weighted by Crippen LogP contribution is 2.33. The molecule has 6 nitrogen and oxygen atoms in total. The Morgan fingerprint density at radius 2 is 2.07 bits per heavy atom. The minimum atomic E-state index is -0.353. The van der Waals surface area contributed by atoms with Crippen LogP contribution in [0.15, 0.2) is 53.4 Å². The van der Waals surface area contributed by atoms with E-state index >= 15 is 0 Å². The molecule has 146 valence electrons. The normalized spacial score (nSPS) is 15.3. The van der Waals surface area contributed by atoms with E-state index in [-0.39, 0.29) is 18.4 Å². The third kappa shape index (κ3) is 4.31. The smallest absolute Gasteiger partial charge is 0.266 e. The predicted octanol–water partition coefficient (Wildman–Crippen LogP) is 4.14. The summed E-state index contributed by atoms with van der Waals surface area (Å²) in [6.07, 6.45) is 1.78. The zero-order valence-electron chi connectivity index (χ0n) is 15.2. The van der Waals surface area contributed by atoms with Gasteiger partial charge in [0, 0.05) is 0 Å². The van der Waals surface area contributed by atoms with Gasteiger partial charge in [-0.2, -0.15) is 0 Å². The van der Waals surface area contributed by atoms with Gasteiger partial charge >= 0.3 is 0 Å². The Hall–Kier alpha value is -2.75. The summed E-state index contributed by atoms with van der Waals surface area (Å²) in [6, 6.07) is 15.0. The number of benzene rings is 2. The van der Waals surface area contributed by atoms with E-state index in [1.54, 1.807) is 13.2 Å². The molecule has 1 aromatic heterocycles. The number of hydrogen-bond donors (Lipinski definition) is 1. The second kappa shape index (κ2) is 8.32. The molecule has 0 spiro atoms. The van der Waals surface area contributed by atoms with Gasteiger partial charge in [-0.1, -0.05) is 65.6 Å². The van der Waals surface area contributed by atoms with E-state index in [1.807, 2.05) is 48.5 Å². The molecule has 2 aromatic carbocycles. The van der Waals surface area contributed by atoms with Crippen LogP contribution in [0.1, 0.15) is 5.56 Å². The number of methoxy groups -OCH3 is 1. The lowest BCUT2D eigenvalue weighted by Crippen LogP contribution is -2.36. The number of hydrogen-bond acceptors (Lipinski definition) is 7. The predicted molar refractivity (Wildman–Crippen MR) is 121 cm³/mol. The van der Waals surface area contributed by atoms with Crippen LogP contribution < -0.4 is 10.1 Å². The van der Waals surface area contributed by atoms with Crippen molar-refractivity contribution in [1.82, 2.24) is 9.88 Å². The van der Waals surface area contributed by atoms with Crippen LogP contribution in [0.2, 0.25) is 0 Å². The number of thiocarbonyl (C=S) groups is 1. The standard InChI is InChI=1S/C20H15N3O3S3/c1-26-13-7-8-14-15(10-13)28-19(21-14)22-17(24)11-23-18(25)16(29-20(23)27)9-12-5-3-2-4-6-12/h2-10H,11H2,1H3,(H,21,22,24)/b16-9-. The van der Waals surface area contributed by atoms with E-state index in [2.05, 4.69) is 10.3 Å². The van der Waals surface area contributed by atoms with Crippen molar-refractivity contribution in [2.24, 2.45) is 0 Å². The molecule has 29 heavy (non-hydrogen) atoms. The number of carbonyl (C=O) groups excluding carboxylic acids is 2. The van der Waals surface area contributed by atoms with Crippen LogP contribution in [-0.2, 0) is 9.59 Å². The van der Waals surface area contributed by atoms with E-state index in [1.165, 1.54) is 28.0 Å². The van der Waals surface area contributed by atoms with E-state index in [9.17, 15) is 9.59 Å². The monoisotopic (exact) mass is 441 g/mol. The van der Waals surface area contributed by atoms with Crippen LogP contribution >= 0.6 is 35.3 Å². The maximum atomic E-state index is 12.7. The molecule has 1 aliphatic rings. The summed E-state index contributed by atoms with van der Waals surface area (Å²) in [5, 5.41) is 3.21. The fourth-order valence-corrected chi connectivity index (χ4v) is 4.89. The average Bonchev–Trinajstić information content (AvgIpc) is 3.23. The average molecular weight is 442 g/mol. The number of rotatable bonds is 5. The zero-order chi connectivity index (χ0) is 20.4. The Morgan fingerprint density at radius 1 is 1.28 bits per heavy atom. The molecule has 2 amide bonds. The Bertz CT molecular complexity index is 1140. The van der Waals surface area contributed by atoms with Crippen molar-refractivity contribution in [2.75, 3.05) is 19.0 Å². The topological polar surface area (TPSA) is 71.5 Å². The third-order valence-corrected chi connectivity index (χ3v) is 6.43. The highest BCUT2D eigenvalue weighted by atomic mass is 32.2. The number of ether oxygens (including phenoxy) is 1. The minimum Gasteiger partial charge on any atom is -0.497 e. The molecular weight excluding hydrogens is 426 g/mol. The van der Waals surface area contributed by atoms with Crippen LogP contribution in [0.25, 0.3) is 16.3 Å². The van der Waals surface area contributed by atoms with Gasteiger partial charge in [-0.05, 0) is 29.8 Å². The van der Waals surface area contributed by atoms with Gasteiger partial charge in [-0.3, -0.25) is 14.5 Å². The molecule has 3 aromatic rings. The molecule has 0 unspecified atom stereocenters. The zero-order valence-corrected chi connectivity index (χ0v) is 17.7. The van der Waals surface area contributed by atoms with Crippen molar-refractivity contribution in [3.63, 3.8) is 0 Å². The van der Waals surface area contributed by atoms with E-state index in [0.717, 1.165) is 21.5 Å². The fraction of sp³-hybridized carbons (Fsp3) is 0.100. The molecule has 1 fully saturated rings. The summed E-state index contributed by atoms with van der Waals surface area (Å²) in [6.45, 7) is -0.157. The Labute approximate surface area is 180 Å². The van der Waals surface area contributed by atoms with Crippen molar-refractivity contribution in [1.29, 1.82) is 0 Å². The third-order valence-electron chi connectivity index (χ3n) is 4.11. The van der Waals surface area contributed by atoms with Gasteiger partial charge in [0.2, 0.25) is 5.91 Å². The lowest BCUT2D eigenvalue weighted by atomic mass is 10.2. The Kier molecular flexibility index (Phi) is 5.61. The van der Waals surface area contributed by atoms with Crippen LogP contribution in [0.4, 0.5) is 5.13 Å². The Balaban J connectivity index is 1.45. The molecule has 0 saturated carbocycles. The van der Waals surface area contributed by atoms with Crippen molar-refractivity contribution < 1.29 is 14.3 Å². The number of nitrogens with one attached hydrogen (secondary N) is 1. The highest BCUT2D eigenvalue weighted by Gasteiger charge is 2.33. The molecule has 0 atom stereocenters. The number of amides is 2. The van der Waals surface area contributed by atoms with Crippen LogP contribution in [0.5, 0.6) is 5.75 Å². The van der Waals surface area contributed by atoms with E-state index in [0.29, 0.717) is 14.4 Å². The van der Waals surface area contributed by atoms with Gasteiger partial charge < -0.3 is 10.1 Å². The first-order valence-corrected chi connectivity index (χ1v) is 10.6. The molecule has 1 N–H and O–H groups in total. The quantitative estimate of drug-likeness (QED) is 0.474. The fourth-order valence-electron chi connectivity index (χ4n) is 2.72. The highest BCUT2D eigenvalue weighted by molar-refractivity contribution is 8.26. The summed E-state index contributed by atoms with van der Waals surface area (Å²) >= 11 is 7.83. The second-order valence-electron chi connectivity index (χ2n) is 6.08. The second-order valence-corrected chi connectivity index (χ2v) is 8.79. The van der Waals surface area contributed by atoms with Gasteiger partial charge in [-0.15, -0.1) is 0 Å². The number of thiazole rings is 1. The van der Waals surface area contributed by atoms with Gasteiger partial charge in [0.25, 0.3) is 5.91 Å². The molecule has 0 radical (unpaired) electrons. The summed E-state index contributed by atoms with van der Waals surface area (Å²) in [5.41, 5.74) is 1.67. The maximum Gasteiger partial charge on any atom is 0.266 e. The summed E-state index contributed by atoms with van der Waals surface area (Å²) in [5.74, 6) is 0.100. The molecule has 1 aliphatic heterocycles. The minimum absolute atomic E-state index is 0.157. The van der Waals surface area contributed by atoms with Crippen LogP contribution in [-0.4, -0.2) is 39.7 Å². The summed E-state index contributed by atoms with van der Waals surface area (Å²) < 4.78 is 6.46. The number of aromatic nitrogens is 1. The number of nitrogens with zero attached hydrogens (tertiary/aromatic N) is 2. The van der Waals surface area contributed by atoms with Gasteiger partial charge in [-0.25, -0.2) is 4.98 Å². The van der Waals surface area contributed by atoms with Crippen molar-refractivity contribution >= 4 is 72.9 Å². The van der Waals surface area contributed by atoms with Gasteiger partial charge in [0.15, 0.2) is 5.13 Å². The Morgan fingerprint density at radius 3 is 2.83 bits per heavy atom. The van der Waals surface area contributed by atoms with Gasteiger partial charge in [0.1, 0.15) is 16.6 Å². The van der Waals surface area contributed by atoms with Crippen molar-refractivity contribution in [3.8, 4) is 5.75 Å². The first kappa shape index (κ1) is 19.6. The molecule has 2 heterocycles. The largest absolute Gasteiger partial charge is 0.497 e. The van der Waals surface area contributed by atoms with E-state index < -0.39 is 0 Å². The maximum absolute atomic E-state index is 12.7. The number of carbonyl (C=O) groups is 2. The van der Waals surface area contributed by atoms with Crippen molar-refractivity contribution in [2.45, 2.75) is 0 Å². The SMILES string of the molecule is COc1ccc2nc(NC(=O)CN3C(=O)/C(=C/c4ccccc4)SC3=S)sc2c1. The molecule has 1 saturated heterocycles. The van der Waals surface area contributed by atoms with Crippen LogP contribution in [0.3, 0.4) is 0 Å². The lowest BCUT2D eigenvalue weighted by Gasteiger charge is -2.13. The van der Waals surface area contributed by atoms with Crippen molar-refractivity contribution in [3.05, 3.63) is 59.0 Å². The number of anilines is 1. The lowest BCUT2D eigenvalue weighted by molar-refractivity contribution is -0.126. The summed E-state index contributed by atoms with van der Waals surface area (Å²) in [7, 11) is 1.60. The molecular formula is C20H15N3O3S3. The summed E-state index contributed by atoms with van der Waals surface area (Å²) in [4.78, 5) is 31.3. The van der Waals surface area contributed by atoms with Gasteiger partial charge in [0.05, 0.1) is 22.2 Å². The molecule has 0 bridgehead atoms. The molecule has 4 rings (SSSR count). The van der Waals surface area contributed by atoms with E-state index in [4.69, 9.17) is 17.0 Å². The first-order chi connectivity index (χ1) is 14.0. The first-order valence-electron chi connectivity index (χ1n) is 8.58. The number of thioether (sulfide) groups is 1. The molecule has 9 heteroatoms.